The molecule has 20 heavy (non-hydrogen) atoms. The highest BCUT2D eigenvalue weighted by molar-refractivity contribution is 5.33. The number of nitrogens with one attached hydrogen (secondary N) is 1. The fourth-order valence-electron chi connectivity index (χ4n) is 3.79. The van der Waals surface area contributed by atoms with Crippen LogP contribution in [0.5, 0.6) is 0 Å². The van der Waals surface area contributed by atoms with Gasteiger partial charge in [0.2, 0.25) is 0 Å². The molecule has 1 saturated carbocycles. The first-order valence-electron chi connectivity index (χ1n) is 7.95. The Balaban J connectivity index is 2.20. The number of benzene rings is 1. The van der Waals surface area contributed by atoms with Gasteiger partial charge in [0, 0.05) is 17.6 Å². The van der Waals surface area contributed by atoms with E-state index in [4.69, 9.17) is 0 Å². The fraction of sp³-hybridized carbons (Fsp3) is 0.667. The molecule has 0 heterocycles. The van der Waals surface area contributed by atoms with Gasteiger partial charge in [-0.05, 0) is 57.8 Å². The zero-order valence-electron chi connectivity index (χ0n) is 13.7. The van der Waals surface area contributed by atoms with Gasteiger partial charge >= 0.3 is 0 Å². The molecular formula is C18H30N2. The van der Waals surface area contributed by atoms with Crippen LogP contribution in [0.15, 0.2) is 24.3 Å². The van der Waals surface area contributed by atoms with Gasteiger partial charge in [0.05, 0.1) is 0 Å². The molecule has 1 aliphatic rings. The van der Waals surface area contributed by atoms with E-state index >= 15 is 0 Å². The van der Waals surface area contributed by atoms with Gasteiger partial charge in [-0.2, -0.15) is 0 Å². The minimum atomic E-state index is 0.223. The van der Waals surface area contributed by atoms with Crippen molar-refractivity contribution in [3.05, 3.63) is 35.4 Å². The second-order valence-corrected chi connectivity index (χ2v) is 6.84. The number of hydrogen-bond acceptors (Lipinski definition) is 2. The van der Waals surface area contributed by atoms with Gasteiger partial charge in [0.15, 0.2) is 0 Å². The number of hydrogen-bond donors (Lipinski definition) is 1. The summed E-state index contributed by atoms with van der Waals surface area (Å²) in [5.74, 6) is 0. The molecule has 2 nitrogen and oxygen atoms in total. The summed E-state index contributed by atoms with van der Waals surface area (Å²) >= 11 is 0. The highest BCUT2D eigenvalue weighted by Gasteiger charge is 2.39. The van der Waals surface area contributed by atoms with Gasteiger partial charge in [-0.25, -0.2) is 0 Å². The molecule has 0 aromatic heterocycles. The van der Waals surface area contributed by atoms with Gasteiger partial charge in [-0.15, -0.1) is 0 Å². The van der Waals surface area contributed by atoms with Crippen molar-refractivity contribution in [2.45, 2.75) is 64.1 Å². The van der Waals surface area contributed by atoms with Crippen molar-refractivity contribution in [1.29, 1.82) is 0 Å². The first-order chi connectivity index (χ1) is 9.45. The molecule has 0 bridgehead atoms. The molecule has 0 unspecified atom stereocenters. The Hall–Kier alpha value is -0.860. The molecule has 0 spiro atoms. The summed E-state index contributed by atoms with van der Waals surface area (Å²) in [6.45, 7) is 6.74. The third-order valence-corrected chi connectivity index (χ3v) is 4.88. The largest absolute Gasteiger partial charge is 0.312 e. The first-order valence-corrected chi connectivity index (χ1v) is 7.95. The second kappa shape index (κ2) is 6.28. The summed E-state index contributed by atoms with van der Waals surface area (Å²) in [7, 11) is 4.48. The van der Waals surface area contributed by atoms with E-state index in [1.165, 1.54) is 36.8 Å². The predicted molar refractivity (Wildman–Crippen MR) is 87.1 cm³/mol. The third kappa shape index (κ3) is 3.07. The van der Waals surface area contributed by atoms with Crippen molar-refractivity contribution < 1.29 is 0 Å². The van der Waals surface area contributed by atoms with Crippen LogP contribution in [0.1, 0.15) is 50.7 Å². The van der Waals surface area contributed by atoms with Gasteiger partial charge in [0.25, 0.3) is 0 Å². The minimum Gasteiger partial charge on any atom is -0.312 e. The Morgan fingerprint density at radius 1 is 1.15 bits per heavy atom. The lowest BCUT2D eigenvalue weighted by molar-refractivity contribution is 0.0835. The summed E-state index contributed by atoms with van der Waals surface area (Å²) in [5, 5.41) is 3.71. The number of aryl methyl sites for hydroxylation is 1. The fourth-order valence-corrected chi connectivity index (χ4v) is 3.79. The van der Waals surface area contributed by atoms with Gasteiger partial charge in [-0.3, -0.25) is 4.90 Å². The van der Waals surface area contributed by atoms with Crippen LogP contribution in [0.3, 0.4) is 0 Å². The summed E-state index contributed by atoms with van der Waals surface area (Å²) in [4.78, 5) is 2.45. The maximum atomic E-state index is 3.71. The summed E-state index contributed by atoms with van der Waals surface area (Å²) in [6.07, 6.45) is 5.03. The SMILES string of the molecule is Cc1ccccc1C1(N(C)C)CCC(NC(C)C)CC1. The van der Waals surface area contributed by atoms with Crippen LogP contribution in [0.4, 0.5) is 0 Å². The van der Waals surface area contributed by atoms with Crippen molar-refractivity contribution in [2.24, 2.45) is 0 Å². The third-order valence-electron chi connectivity index (χ3n) is 4.88. The molecule has 0 atom stereocenters. The van der Waals surface area contributed by atoms with Crippen molar-refractivity contribution >= 4 is 0 Å². The van der Waals surface area contributed by atoms with E-state index in [0.29, 0.717) is 12.1 Å². The van der Waals surface area contributed by atoms with Crippen molar-refractivity contribution in [2.75, 3.05) is 14.1 Å². The molecule has 0 saturated heterocycles. The highest BCUT2D eigenvalue weighted by atomic mass is 15.1. The van der Waals surface area contributed by atoms with Crippen molar-refractivity contribution in [3.8, 4) is 0 Å². The van der Waals surface area contributed by atoms with Crippen LogP contribution in [0.25, 0.3) is 0 Å². The van der Waals surface area contributed by atoms with Crippen LogP contribution in [0, 0.1) is 6.92 Å². The molecule has 0 amide bonds. The van der Waals surface area contributed by atoms with Gasteiger partial charge in [0.1, 0.15) is 0 Å². The van der Waals surface area contributed by atoms with Crippen LogP contribution in [-0.2, 0) is 5.54 Å². The van der Waals surface area contributed by atoms with Crippen molar-refractivity contribution in [3.63, 3.8) is 0 Å². The lowest BCUT2D eigenvalue weighted by atomic mass is 9.72. The molecule has 1 N–H and O–H groups in total. The molecular weight excluding hydrogens is 244 g/mol. The molecule has 0 aliphatic heterocycles. The Bertz CT molecular complexity index is 429. The zero-order chi connectivity index (χ0) is 14.8. The maximum Gasteiger partial charge on any atom is 0.0458 e. The predicted octanol–water partition coefficient (Wildman–Crippen LogP) is 3.69. The molecule has 112 valence electrons. The summed E-state index contributed by atoms with van der Waals surface area (Å²) < 4.78 is 0. The average Bonchev–Trinajstić information content (AvgIpc) is 2.39. The standard InChI is InChI=1S/C18H30N2/c1-14(2)19-16-10-12-18(13-11-16,20(4)5)17-9-7-6-8-15(17)3/h6-9,14,16,19H,10-13H2,1-5H3. The molecule has 1 aliphatic carbocycles. The zero-order valence-corrected chi connectivity index (χ0v) is 13.7. The summed E-state index contributed by atoms with van der Waals surface area (Å²) in [5.41, 5.74) is 3.17. The van der Waals surface area contributed by atoms with Gasteiger partial charge < -0.3 is 5.32 Å². The van der Waals surface area contributed by atoms with E-state index in [1.807, 2.05) is 0 Å². The van der Waals surface area contributed by atoms with E-state index in [-0.39, 0.29) is 5.54 Å². The smallest absolute Gasteiger partial charge is 0.0458 e. The second-order valence-electron chi connectivity index (χ2n) is 6.84. The molecule has 1 aromatic rings. The molecule has 1 fully saturated rings. The maximum absolute atomic E-state index is 3.71. The van der Waals surface area contributed by atoms with Crippen molar-refractivity contribution in [1.82, 2.24) is 10.2 Å². The Kier molecular flexibility index (Phi) is 4.87. The van der Waals surface area contributed by atoms with Crippen LogP contribution in [-0.4, -0.2) is 31.1 Å². The lowest BCUT2D eigenvalue weighted by Crippen LogP contribution is -2.49. The van der Waals surface area contributed by atoms with Gasteiger partial charge in [-0.1, -0.05) is 38.1 Å². The molecule has 0 radical (unpaired) electrons. The molecule has 2 heteroatoms. The normalized spacial score (nSPS) is 27.2. The lowest BCUT2D eigenvalue weighted by Gasteiger charge is -2.46. The first kappa shape index (κ1) is 15.5. The molecule has 2 rings (SSSR count). The van der Waals surface area contributed by atoms with E-state index < -0.39 is 0 Å². The minimum absolute atomic E-state index is 0.223. The molecule has 1 aromatic carbocycles. The highest BCUT2D eigenvalue weighted by Crippen LogP contribution is 2.42. The Morgan fingerprint density at radius 3 is 2.25 bits per heavy atom. The summed E-state index contributed by atoms with van der Waals surface area (Å²) in [6, 6.07) is 10.2. The van der Waals surface area contributed by atoms with E-state index in [9.17, 15) is 0 Å². The monoisotopic (exact) mass is 274 g/mol. The number of nitrogens with zero attached hydrogens (tertiary/aromatic N) is 1. The van der Waals surface area contributed by atoms with E-state index in [2.05, 4.69) is 69.3 Å². The van der Waals surface area contributed by atoms with E-state index in [0.717, 1.165) is 0 Å². The Labute approximate surface area is 124 Å². The Morgan fingerprint density at radius 2 is 1.75 bits per heavy atom. The van der Waals surface area contributed by atoms with Crippen LogP contribution < -0.4 is 5.32 Å². The topological polar surface area (TPSA) is 15.3 Å². The van der Waals surface area contributed by atoms with E-state index in [1.54, 1.807) is 0 Å². The van der Waals surface area contributed by atoms with Crippen LogP contribution in [0.2, 0.25) is 0 Å². The average molecular weight is 274 g/mol. The van der Waals surface area contributed by atoms with Crippen LogP contribution >= 0.6 is 0 Å². The number of rotatable bonds is 4. The quantitative estimate of drug-likeness (QED) is 0.901.